The molecule has 0 aromatic heterocycles. The van der Waals surface area contributed by atoms with Crippen molar-refractivity contribution in [2.24, 2.45) is 17.0 Å². The van der Waals surface area contributed by atoms with Crippen molar-refractivity contribution in [3.8, 4) is 0 Å². The van der Waals surface area contributed by atoms with Gasteiger partial charge in [-0.2, -0.15) is 26.3 Å². The fraction of sp³-hybridized carbons (Fsp3) is 0.667. The van der Waals surface area contributed by atoms with E-state index in [0.29, 0.717) is 76.5 Å². The molecule has 0 spiro atoms. The summed E-state index contributed by atoms with van der Waals surface area (Å²) in [6, 6.07) is 6.64. The number of hydrogen-bond donors (Lipinski definition) is 2. The number of benzene rings is 2. The molecule has 348 valence electrons. The molecule has 2 aromatic rings. The van der Waals surface area contributed by atoms with E-state index in [9.17, 15) is 52.8 Å². The van der Waals surface area contributed by atoms with Gasteiger partial charge in [0.05, 0.1) is 20.9 Å². The number of amides is 2. The summed E-state index contributed by atoms with van der Waals surface area (Å²) in [5, 5.41) is 5.26. The molecule has 0 radical (unpaired) electrons. The Morgan fingerprint density at radius 2 is 1.02 bits per heavy atom. The number of hydrogen-bond acceptors (Lipinski definition) is 8. The van der Waals surface area contributed by atoms with E-state index in [1.54, 1.807) is 0 Å². The minimum Gasteiger partial charge on any atom is -0.340 e. The molecule has 2 saturated heterocycles. The summed E-state index contributed by atoms with van der Waals surface area (Å²) in [5.74, 6) is -0.412. The molecule has 62 heavy (non-hydrogen) atoms. The number of piperazine rings is 2. The Morgan fingerprint density at radius 3 is 1.40 bits per heavy atom. The van der Waals surface area contributed by atoms with E-state index in [2.05, 4.69) is 42.2 Å². The van der Waals surface area contributed by atoms with Gasteiger partial charge in [0, 0.05) is 82.3 Å². The molecule has 0 unspecified atom stereocenters. The lowest BCUT2D eigenvalue weighted by molar-refractivity contribution is -0.139. The van der Waals surface area contributed by atoms with E-state index in [-0.39, 0.29) is 51.0 Å². The summed E-state index contributed by atoms with van der Waals surface area (Å²) in [4.78, 5) is 33.8. The Kier molecular flexibility index (Phi) is 16.2. The predicted molar refractivity (Wildman–Crippen MR) is 222 cm³/mol. The minimum absolute atomic E-state index is 0.0950. The maximum atomic E-state index is 13.2. The number of carbonyl (C=O) groups excluding carboxylic acids is 2. The van der Waals surface area contributed by atoms with E-state index in [0.717, 1.165) is 81.7 Å². The highest BCUT2D eigenvalue weighted by Gasteiger charge is 2.37. The van der Waals surface area contributed by atoms with Crippen molar-refractivity contribution in [2.45, 2.75) is 125 Å². The summed E-state index contributed by atoms with van der Waals surface area (Å²) in [6.07, 6.45) is -4.88. The summed E-state index contributed by atoms with van der Waals surface area (Å²) < 4.78 is 129. The topological polar surface area (TPSA) is 153 Å². The van der Waals surface area contributed by atoms with Gasteiger partial charge in [-0.1, -0.05) is 0 Å². The lowest BCUT2D eigenvalue weighted by Gasteiger charge is -2.39. The molecular weight excluding hydrogens is 863 g/mol. The molecule has 2 aliphatic carbocycles. The Morgan fingerprint density at radius 1 is 0.613 bits per heavy atom. The number of rotatable bonds is 9. The van der Waals surface area contributed by atoms with Gasteiger partial charge in [0.2, 0.25) is 31.9 Å². The van der Waals surface area contributed by atoms with Crippen molar-refractivity contribution in [1.29, 1.82) is 0 Å². The second-order valence-electron chi connectivity index (χ2n) is 17.4. The SMILES string of the molecule is CC(C)N1CCN(C(=O)C2CCC(NS(=O)(=O)c3ccc(C(F)(F)F)cc3)CC2)CC1.CC(C)N1CCN(C(=O)C2CCC(c3cc(C(F)(F)F)ccc3S(N)(=O)=O)CC2)CC1. The first kappa shape index (κ1) is 49.7. The smallest absolute Gasteiger partial charge is 0.340 e. The number of primary sulfonamides is 1. The molecule has 0 atom stereocenters. The number of nitrogens with one attached hydrogen (secondary N) is 1. The van der Waals surface area contributed by atoms with E-state index in [1.807, 2.05) is 9.80 Å². The van der Waals surface area contributed by atoms with Gasteiger partial charge in [-0.05, 0) is 133 Å². The molecule has 2 aliphatic heterocycles. The Hall–Kier alpha value is -3.30. The van der Waals surface area contributed by atoms with Crippen molar-refractivity contribution >= 4 is 31.9 Å². The lowest BCUT2D eigenvalue weighted by Crippen LogP contribution is -2.52. The summed E-state index contributed by atoms with van der Waals surface area (Å²) in [6.45, 7) is 14.7. The Balaban J connectivity index is 0.000000234. The number of nitrogens with two attached hydrogens (primary N) is 1. The number of alkyl halides is 6. The van der Waals surface area contributed by atoms with Crippen LogP contribution in [0.25, 0.3) is 0 Å². The van der Waals surface area contributed by atoms with Gasteiger partial charge in [0.15, 0.2) is 0 Å². The third-order valence-corrected chi connectivity index (χ3v) is 15.3. The van der Waals surface area contributed by atoms with Gasteiger partial charge in [-0.3, -0.25) is 19.4 Å². The number of carbonyl (C=O) groups is 2. The van der Waals surface area contributed by atoms with Gasteiger partial charge >= 0.3 is 12.4 Å². The van der Waals surface area contributed by atoms with Gasteiger partial charge in [-0.15, -0.1) is 0 Å². The predicted octanol–water partition coefficient (Wildman–Crippen LogP) is 6.27. The Bertz CT molecular complexity index is 2050. The first-order valence-corrected chi connectivity index (χ1v) is 24.4. The van der Waals surface area contributed by atoms with E-state index in [4.69, 9.17) is 5.14 Å². The van der Waals surface area contributed by atoms with Crippen LogP contribution < -0.4 is 9.86 Å². The first-order chi connectivity index (χ1) is 28.8. The average Bonchev–Trinajstić information content (AvgIpc) is 3.22. The molecule has 12 nitrogen and oxygen atoms in total. The zero-order valence-electron chi connectivity index (χ0n) is 35.7. The van der Waals surface area contributed by atoms with Gasteiger partial charge in [0.1, 0.15) is 0 Å². The molecule has 2 saturated carbocycles. The quantitative estimate of drug-likeness (QED) is 0.279. The third-order valence-electron chi connectivity index (χ3n) is 12.8. The Labute approximate surface area is 361 Å². The molecule has 2 amide bonds. The van der Waals surface area contributed by atoms with Crippen LogP contribution in [0.5, 0.6) is 0 Å². The highest BCUT2D eigenvalue weighted by Crippen LogP contribution is 2.41. The van der Waals surface area contributed by atoms with Crippen LogP contribution >= 0.6 is 0 Å². The zero-order chi connectivity index (χ0) is 45.8. The standard InChI is InChI=1S/2C21H30F3N3O3S/c1-15(2)26-11-13-27(14-12-26)20(28)16-3-7-18(8-4-16)25-31(29,30)19-9-5-17(6-10-19)21(22,23)24;1-14(2)26-9-11-27(12-10-26)20(28)16-5-3-15(4-6-16)18-13-17(21(22,23)24)7-8-19(18)31(25,29)30/h5-6,9-10,15-16,18,25H,3-4,7-8,11-14H2,1-2H3;7-8,13-16H,3-6,9-12H2,1-2H3,(H2,25,29,30). The summed E-state index contributed by atoms with van der Waals surface area (Å²) in [5.41, 5.74) is -1.68. The van der Waals surface area contributed by atoms with E-state index < -0.39 is 43.5 Å². The van der Waals surface area contributed by atoms with Crippen molar-refractivity contribution < 1.29 is 52.8 Å². The van der Waals surface area contributed by atoms with Crippen LogP contribution in [0.3, 0.4) is 0 Å². The van der Waals surface area contributed by atoms with Crippen LogP contribution in [0.4, 0.5) is 26.3 Å². The second kappa shape index (κ2) is 20.3. The summed E-state index contributed by atoms with van der Waals surface area (Å²) in [7, 11) is -8.06. The van der Waals surface area contributed by atoms with Crippen LogP contribution in [-0.2, 0) is 42.0 Å². The molecule has 3 N–H and O–H groups in total. The molecule has 4 fully saturated rings. The monoisotopic (exact) mass is 922 g/mol. The molecule has 20 heteroatoms. The van der Waals surface area contributed by atoms with Crippen molar-refractivity contribution in [2.75, 3.05) is 52.4 Å². The number of halogens is 6. The fourth-order valence-electron chi connectivity index (χ4n) is 8.96. The van der Waals surface area contributed by atoms with Crippen molar-refractivity contribution in [3.05, 3.63) is 59.2 Å². The molecule has 6 rings (SSSR count). The van der Waals surface area contributed by atoms with E-state index in [1.165, 1.54) is 0 Å². The normalized spacial score (nSPS) is 23.9. The van der Waals surface area contributed by atoms with Gasteiger partial charge in [-0.25, -0.2) is 26.7 Å². The number of sulfonamides is 2. The highest BCUT2D eigenvalue weighted by molar-refractivity contribution is 7.89. The van der Waals surface area contributed by atoms with Crippen LogP contribution in [0.2, 0.25) is 0 Å². The van der Waals surface area contributed by atoms with Crippen LogP contribution in [-0.4, -0.2) is 119 Å². The van der Waals surface area contributed by atoms with Crippen LogP contribution in [0.15, 0.2) is 52.3 Å². The minimum atomic E-state index is -4.57. The van der Waals surface area contributed by atoms with Crippen molar-refractivity contribution in [1.82, 2.24) is 24.3 Å². The first-order valence-electron chi connectivity index (χ1n) is 21.3. The maximum absolute atomic E-state index is 13.2. The second-order valence-corrected chi connectivity index (χ2v) is 20.7. The molecule has 0 bridgehead atoms. The lowest BCUT2D eigenvalue weighted by atomic mass is 9.78. The van der Waals surface area contributed by atoms with Gasteiger partial charge in [0.25, 0.3) is 0 Å². The zero-order valence-corrected chi connectivity index (χ0v) is 37.4. The molecule has 2 aromatic carbocycles. The number of nitrogens with zero attached hydrogens (tertiary/aromatic N) is 4. The van der Waals surface area contributed by atoms with E-state index >= 15 is 0 Å². The van der Waals surface area contributed by atoms with Crippen LogP contribution in [0, 0.1) is 11.8 Å². The third kappa shape index (κ3) is 12.9. The largest absolute Gasteiger partial charge is 0.416 e. The fourth-order valence-corrected chi connectivity index (χ4v) is 11.1. The highest BCUT2D eigenvalue weighted by atomic mass is 32.2. The summed E-state index contributed by atoms with van der Waals surface area (Å²) >= 11 is 0. The van der Waals surface area contributed by atoms with Crippen molar-refractivity contribution in [3.63, 3.8) is 0 Å². The molecule has 2 heterocycles. The van der Waals surface area contributed by atoms with Gasteiger partial charge < -0.3 is 9.80 Å². The average molecular weight is 923 g/mol. The maximum Gasteiger partial charge on any atom is 0.416 e. The molecule has 4 aliphatic rings. The van der Waals surface area contributed by atoms with Crippen LogP contribution in [0.1, 0.15) is 102 Å². The molecular formula is C42H60F6N6O6S2.